The van der Waals surface area contributed by atoms with Crippen LogP contribution < -0.4 is 9.47 Å². The van der Waals surface area contributed by atoms with Gasteiger partial charge in [-0.3, -0.25) is 0 Å². The Morgan fingerprint density at radius 3 is 2.22 bits per heavy atom. The molecule has 0 aliphatic rings. The summed E-state index contributed by atoms with van der Waals surface area (Å²) in [6, 6.07) is 16.3. The van der Waals surface area contributed by atoms with Crippen molar-refractivity contribution in [2.24, 2.45) is 0 Å². The molecule has 0 N–H and O–H groups in total. The second kappa shape index (κ2) is 8.24. The van der Waals surface area contributed by atoms with Crippen molar-refractivity contribution in [1.29, 1.82) is 5.26 Å². The lowest BCUT2D eigenvalue weighted by Crippen LogP contribution is -2.02. The van der Waals surface area contributed by atoms with E-state index in [-0.39, 0.29) is 5.92 Å². The van der Waals surface area contributed by atoms with Crippen molar-refractivity contribution < 1.29 is 9.47 Å². The van der Waals surface area contributed by atoms with Gasteiger partial charge in [-0.05, 0) is 67.6 Å². The molecule has 0 spiro atoms. The fourth-order valence-corrected chi connectivity index (χ4v) is 2.64. The molecular formula is C20H23NO2. The second-order valence-corrected chi connectivity index (χ2v) is 5.77. The van der Waals surface area contributed by atoms with Crippen LogP contribution in [0, 0.1) is 25.2 Å². The first-order valence-electron chi connectivity index (χ1n) is 7.87. The summed E-state index contributed by atoms with van der Waals surface area (Å²) in [5.41, 5.74) is 3.43. The number of methoxy groups -OCH3 is 1. The van der Waals surface area contributed by atoms with Crippen molar-refractivity contribution in [1.82, 2.24) is 0 Å². The highest BCUT2D eigenvalue weighted by Crippen LogP contribution is 2.23. The molecule has 0 amide bonds. The van der Waals surface area contributed by atoms with Gasteiger partial charge in [0, 0.05) is 0 Å². The van der Waals surface area contributed by atoms with E-state index < -0.39 is 0 Å². The maximum atomic E-state index is 9.37. The number of nitrogens with zero attached hydrogens (tertiary/aromatic N) is 1. The summed E-state index contributed by atoms with van der Waals surface area (Å²) in [4.78, 5) is 0. The average Bonchev–Trinajstić information content (AvgIpc) is 2.54. The molecule has 0 aromatic heterocycles. The topological polar surface area (TPSA) is 42.2 Å². The van der Waals surface area contributed by atoms with E-state index in [1.807, 2.05) is 36.4 Å². The Bertz CT molecular complexity index is 651. The van der Waals surface area contributed by atoms with Gasteiger partial charge in [-0.15, -0.1) is 0 Å². The van der Waals surface area contributed by atoms with Gasteiger partial charge in [-0.1, -0.05) is 18.2 Å². The molecule has 2 aromatic carbocycles. The fraction of sp³-hybridized carbons (Fsp3) is 0.350. The molecule has 2 aromatic rings. The summed E-state index contributed by atoms with van der Waals surface area (Å²) >= 11 is 0. The minimum Gasteiger partial charge on any atom is -0.497 e. The van der Waals surface area contributed by atoms with E-state index in [1.54, 1.807) is 7.11 Å². The van der Waals surface area contributed by atoms with Gasteiger partial charge in [0.2, 0.25) is 0 Å². The molecule has 0 saturated carbocycles. The second-order valence-electron chi connectivity index (χ2n) is 5.77. The zero-order valence-electron chi connectivity index (χ0n) is 14.0. The molecule has 0 aliphatic heterocycles. The zero-order chi connectivity index (χ0) is 16.7. The van der Waals surface area contributed by atoms with Gasteiger partial charge in [0.25, 0.3) is 0 Å². The number of hydrogen-bond donors (Lipinski definition) is 0. The molecule has 3 heteroatoms. The number of hydrogen-bond acceptors (Lipinski definition) is 3. The van der Waals surface area contributed by atoms with Crippen LogP contribution >= 0.6 is 0 Å². The van der Waals surface area contributed by atoms with Gasteiger partial charge in [0.05, 0.1) is 25.7 Å². The van der Waals surface area contributed by atoms with E-state index in [0.29, 0.717) is 6.61 Å². The molecule has 0 heterocycles. The predicted molar refractivity (Wildman–Crippen MR) is 92.0 cm³/mol. The monoisotopic (exact) mass is 309 g/mol. The highest BCUT2D eigenvalue weighted by atomic mass is 16.5. The Kier molecular flexibility index (Phi) is 6.05. The smallest absolute Gasteiger partial charge is 0.119 e. The van der Waals surface area contributed by atoms with Crippen LogP contribution in [0.3, 0.4) is 0 Å². The first-order valence-corrected chi connectivity index (χ1v) is 7.87. The molecule has 1 atom stereocenters. The van der Waals surface area contributed by atoms with E-state index in [9.17, 15) is 5.26 Å². The van der Waals surface area contributed by atoms with E-state index in [2.05, 4.69) is 26.0 Å². The third kappa shape index (κ3) is 5.03. The molecule has 120 valence electrons. The van der Waals surface area contributed by atoms with Crippen LogP contribution in [0.1, 0.15) is 35.4 Å². The fourth-order valence-electron chi connectivity index (χ4n) is 2.64. The largest absolute Gasteiger partial charge is 0.497 e. The van der Waals surface area contributed by atoms with Gasteiger partial charge in [0.15, 0.2) is 0 Å². The van der Waals surface area contributed by atoms with E-state index in [1.165, 1.54) is 11.1 Å². The Labute approximate surface area is 138 Å². The molecule has 0 saturated heterocycles. The van der Waals surface area contributed by atoms with Crippen molar-refractivity contribution >= 4 is 0 Å². The highest BCUT2D eigenvalue weighted by molar-refractivity contribution is 5.33. The lowest BCUT2D eigenvalue weighted by molar-refractivity contribution is 0.304. The van der Waals surface area contributed by atoms with Crippen LogP contribution in [0.25, 0.3) is 0 Å². The van der Waals surface area contributed by atoms with Gasteiger partial charge in [0.1, 0.15) is 11.5 Å². The molecule has 3 nitrogen and oxygen atoms in total. The first kappa shape index (κ1) is 16.9. The average molecular weight is 309 g/mol. The Hall–Kier alpha value is -2.47. The SMILES string of the molecule is COc1ccc(C(C#N)CCCOc2cc(C)cc(C)c2)cc1. The Morgan fingerprint density at radius 2 is 1.65 bits per heavy atom. The molecule has 2 rings (SSSR count). The van der Waals surface area contributed by atoms with E-state index >= 15 is 0 Å². The maximum Gasteiger partial charge on any atom is 0.119 e. The summed E-state index contributed by atoms with van der Waals surface area (Å²) in [5.74, 6) is 1.60. The molecule has 0 aliphatic carbocycles. The van der Waals surface area contributed by atoms with Gasteiger partial charge >= 0.3 is 0 Å². The Morgan fingerprint density at radius 1 is 1.00 bits per heavy atom. The van der Waals surface area contributed by atoms with Gasteiger partial charge in [-0.25, -0.2) is 0 Å². The maximum absolute atomic E-state index is 9.37. The summed E-state index contributed by atoms with van der Waals surface area (Å²) in [6.07, 6.45) is 1.63. The number of benzene rings is 2. The minimum absolute atomic E-state index is 0.108. The lowest BCUT2D eigenvalue weighted by Gasteiger charge is -2.11. The molecule has 23 heavy (non-hydrogen) atoms. The predicted octanol–water partition coefficient (Wildman–Crippen LogP) is 4.78. The minimum atomic E-state index is -0.108. The lowest BCUT2D eigenvalue weighted by atomic mass is 9.96. The van der Waals surface area contributed by atoms with E-state index in [4.69, 9.17) is 9.47 Å². The van der Waals surface area contributed by atoms with Crippen molar-refractivity contribution in [3.05, 3.63) is 59.2 Å². The zero-order valence-corrected chi connectivity index (χ0v) is 14.0. The van der Waals surface area contributed by atoms with Crippen molar-refractivity contribution in [2.45, 2.75) is 32.6 Å². The van der Waals surface area contributed by atoms with Crippen LogP contribution in [-0.2, 0) is 0 Å². The molecule has 0 radical (unpaired) electrons. The number of ether oxygens (including phenoxy) is 2. The van der Waals surface area contributed by atoms with Crippen LogP contribution in [0.2, 0.25) is 0 Å². The quantitative estimate of drug-likeness (QED) is 0.691. The molecule has 0 bridgehead atoms. The van der Waals surface area contributed by atoms with Crippen LogP contribution in [-0.4, -0.2) is 13.7 Å². The summed E-state index contributed by atoms with van der Waals surface area (Å²) in [6.45, 7) is 4.75. The third-order valence-electron chi connectivity index (χ3n) is 3.78. The van der Waals surface area contributed by atoms with E-state index in [0.717, 1.165) is 29.9 Å². The normalized spacial score (nSPS) is 11.6. The van der Waals surface area contributed by atoms with Crippen LogP contribution in [0.15, 0.2) is 42.5 Å². The molecule has 1 unspecified atom stereocenters. The van der Waals surface area contributed by atoms with Crippen molar-refractivity contribution in [3.8, 4) is 17.6 Å². The van der Waals surface area contributed by atoms with Crippen molar-refractivity contribution in [2.75, 3.05) is 13.7 Å². The standard InChI is InChI=1S/C20H23NO2/c1-15-11-16(2)13-20(12-15)23-10-4-5-18(14-21)17-6-8-19(22-3)9-7-17/h6-9,11-13,18H,4-5,10H2,1-3H3. The summed E-state index contributed by atoms with van der Waals surface area (Å²) in [7, 11) is 1.64. The van der Waals surface area contributed by atoms with Crippen molar-refractivity contribution in [3.63, 3.8) is 0 Å². The molecule has 0 fully saturated rings. The summed E-state index contributed by atoms with van der Waals surface area (Å²) < 4.78 is 11.0. The summed E-state index contributed by atoms with van der Waals surface area (Å²) in [5, 5.41) is 9.37. The Balaban J connectivity index is 1.84. The number of nitriles is 1. The number of aryl methyl sites for hydroxylation is 2. The first-order chi connectivity index (χ1) is 11.1. The highest BCUT2D eigenvalue weighted by Gasteiger charge is 2.10. The van der Waals surface area contributed by atoms with Crippen LogP contribution in [0.5, 0.6) is 11.5 Å². The van der Waals surface area contributed by atoms with Gasteiger partial charge in [-0.2, -0.15) is 5.26 Å². The number of rotatable bonds is 7. The van der Waals surface area contributed by atoms with Gasteiger partial charge < -0.3 is 9.47 Å². The van der Waals surface area contributed by atoms with Crippen LogP contribution in [0.4, 0.5) is 0 Å². The molecular weight excluding hydrogens is 286 g/mol. The third-order valence-corrected chi connectivity index (χ3v) is 3.78.